The number of methoxy groups -OCH3 is 1. The van der Waals surface area contributed by atoms with E-state index in [4.69, 9.17) is 4.74 Å². The zero-order valence-electron chi connectivity index (χ0n) is 9.55. The summed E-state index contributed by atoms with van der Waals surface area (Å²) in [6, 6.07) is 7.05. The summed E-state index contributed by atoms with van der Waals surface area (Å²) in [4.78, 5) is 0. The van der Waals surface area contributed by atoms with Crippen molar-refractivity contribution in [3.05, 3.63) is 29.3 Å². The highest BCUT2D eigenvalue weighted by molar-refractivity contribution is 5.37. The first-order valence-corrected chi connectivity index (χ1v) is 5.66. The van der Waals surface area contributed by atoms with Gasteiger partial charge >= 0.3 is 0 Å². The van der Waals surface area contributed by atoms with Crippen molar-refractivity contribution in [2.75, 3.05) is 13.7 Å². The second-order valence-electron chi connectivity index (χ2n) is 4.31. The molecule has 0 spiro atoms. The molecule has 0 radical (unpaired) electrons. The third-order valence-corrected chi connectivity index (χ3v) is 3.06. The lowest BCUT2D eigenvalue weighted by molar-refractivity contribution is 0.406. The van der Waals surface area contributed by atoms with E-state index in [0.717, 1.165) is 12.2 Å². The molecule has 1 fully saturated rings. The maximum Gasteiger partial charge on any atom is 0.122 e. The summed E-state index contributed by atoms with van der Waals surface area (Å²) in [7, 11) is 1.75. The largest absolute Gasteiger partial charge is 0.496 e. The molecule has 1 aromatic carbocycles. The zero-order valence-corrected chi connectivity index (χ0v) is 9.55. The molecule has 1 aliphatic heterocycles. The Balaban J connectivity index is 2.14. The number of ether oxygens (including phenoxy) is 1. The molecule has 15 heavy (non-hydrogen) atoms. The van der Waals surface area contributed by atoms with Gasteiger partial charge in [-0.3, -0.25) is 0 Å². The van der Waals surface area contributed by atoms with E-state index in [9.17, 15) is 0 Å². The SMILES string of the molecule is COc1ccc(C)cc1C[C@H]1CCCN1. The Morgan fingerprint density at radius 3 is 3.00 bits per heavy atom. The standard InChI is InChI=1S/C13H19NO/c1-10-5-6-13(15-2)11(8-10)9-12-4-3-7-14-12/h5-6,8,12,14H,3-4,7,9H2,1-2H3/t12-/m1/s1. The molecule has 0 saturated carbocycles. The van der Waals surface area contributed by atoms with Gasteiger partial charge in [-0.1, -0.05) is 17.7 Å². The number of rotatable bonds is 3. The van der Waals surface area contributed by atoms with E-state index in [-0.39, 0.29) is 0 Å². The smallest absolute Gasteiger partial charge is 0.122 e. The molecule has 2 rings (SSSR count). The van der Waals surface area contributed by atoms with Crippen LogP contribution in [0, 0.1) is 6.92 Å². The molecule has 0 aliphatic carbocycles. The van der Waals surface area contributed by atoms with Crippen molar-refractivity contribution < 1.29 is 4.74 Å². The second kappa shape index (κ2) is 4.67. The Morgan fingerprint density at radius 1 is 1.47 bits per heavy atom. The Morgan fingerprint density at radius 2 is 2.33 bits per heavy atom. The summed E-state index contributed by atoms with van der Waals surface area (Å²) in [5.74, 6) is 1.02. The fourth-order valence-electron chi connectivity index (χ4n) is 2.26. The highest BCUT2D eigenvalue weighted by Gasteiger charge is 2.16. The lowest BCUT2D eigenvalue weighted by Gasteiger charge is -2.14. The minimum absolute atomic E-state index is 0.640. The predicted molar refractivity (Wildman–Crippen MR) is 62.5 cm³/mol. The maximum atomic E-state index is 5.38. The lowest BCUT2D eigenvalue weighted by Crippen LogP contribution is -2.23. The number of hydrogen-bond acceptors (Lipinski definition) is 2. The van der Waals surface area contributed by atoms with Gasteiger partial charge in [-0.05, 0) is 44.4 Å². The molecule has 1 saturated heterocycles. The molecule has 0 amide bonds. The van der Waals surface area contributed by atoms with Crippen molar-refractivity contribution >= 4 is 0 Å². The molecular weight excluding hydrogens is 186 g/mol. The van der Waals surface area contributed by atoms with Crippen LogP contribution in [0.5, 0.6) is 5.75 Å². The van der Waals surface area contributed by atoms with Gasteiger partial charge in [0.05, 0.1) is 7.11 Å². The highest BCUT2D eigenvalue weighted by atomic mass is 16.5. The Kier molecular flexibility index (Phi) is 3.27. The van der Waals surface area contributed by atoms with Gasteiger partial charge in [-0.25, -0.2) is 0 Å². The van der Waals surface area contributed by atoms with Gasteiger partial charge in [0.1, 0.15) is 5.75 Å². The molecule has 0 aromatic heterocycles. The third kappa shape index (κ3) is 2.51. The van der Waals surface area contributed by atoms with Crippen LogP contribution in [0.2, 0.25) is 0 Å². The van der Waals surface area contributed by atoms with Crippen LogP contribution >= 0.6 is 0 Å². The first kappa shape index (κ1) is 10.5. The van der Waals surface area contributed by atoms with Crippen LogP contribution in [0.3, 0.4) is 0 Å². The van der Waals surface area contributed by atoms with Gasteiger partial charge in [-0.2, -0.15) is 0 Å². The minimum Gasteiger partial charge on any atom is -0.496 e. The Bertz CT molecular complexity index is 329. The first-order valence-electron chi connectivity index (χ1n) is 5.66. The molecule has 1 aliphatic rings. The molecule has 1 atom stereocenters. The molecular formula is C13H19NO. The van der Waals surface area contributed by atoms with E-state index < -0.39 is 0 Å². The van der Waals surface area contributed by atoms with Crippen LogP contribution in [0.25, 0.3) is 0 Å². The predicted octanol–water partition coefficient (Wildman–Crippen LogP) is 2.30. The summed E-state index contributed by atoms with van der Waals surface area (Å²) in [5.41, 5.74) is 2.64. The van der Waals surface area contributed by atoms with Gasteiger partial charge in [0.15, 0.2) is 0 Å². The van der Waals surface area contributed by atoms with Gasteiger partial charge in [0.25, 0.3) is 0 Å². The van der Waals surface area contributed by atoms with Crippen molar-refractivity contribution in [1.82, 2.24) is 5.32 Å². The quantitative estimate of drug-likeness (QED) is 0.817. The second-order valence-corrected chi connectivity index (χ2v) is 4.31. The molecule has 1 N–H and O–H groups in total. The topological polar surface area (TPSA) is 21.3 Å². The summed E-state index contributed by atoms with van der Waals surface area (Å²) in [5, 5.41) is 3.52. The molecule has 0 bridgehead atoms. The monoisotopic (exact) mass is 205 g/mol. The summed E-state index contributed by atoms with van der Waals surface area (Å²) < 4.78 is 5.38. The van der Waals surface area contributed by atoms with Crippen LogP contribution in [0.4, 0.5) is 0 Å². The highest BCUT2D eigenvalue weighted by Crippen LogP contribution is 2.23. The van der Waals surface area contributed by atoms with Crippen molar-refractivity contribution in [1.29, 1.82) is 0 Å². The fourth-order valence-corrected chi connectivity index (χ4v) is 2.26. The van der Waals surface area contributed by atoms with E-state index in [0.29, 0.717) is 6.04 Å². The Hall–Kier alpha value is -1.02. The average molecular weight is 205 g/mol. The fraction of sp³-hybridized carbons (Fsp3) is 0.538. The van der Waals surface area contributed by atoms with E-state index in [2.05, 4.69) is 30.4 Å². The number of aryl methyl sites for hydroxylation is 1. The van der Waals surface area contributed by atoms with Gasteiger partial charge in [-0.15, -0.1) is 0 Å². The van der Waals surface area contributed by atoms with Gasteiger partial charge in [0, 0.05) is 6.04 Å². The van der Waals surface area contributed by atoms with Crippen molar-refractivity contribution in [3.8, 4) is 5.75 Å². The van der Waals surface area contributed by atoms with Crippen LogP contribution in [-0.2, 0) is 6.42 Å². The summed E-state index contributed by atoms with van der Waals surface area (Å²) >= 11 is 0. The minimum atomic E-state index is 0.640. The summed E-state index contributed by atoms with van der Waals surface area (Å²) in [6.45, 7) is 3.30. The third-order valence-electron chi connectivity index (χ3n) is 3.06. The first-order chi connectivity index (χ1) is 7.29. The molecule has 2 heteroatoms. The zero-order chi connectivity index (χ0) is 10.7. The number of benzene rings is 1. The lowest BCUT2D eigenvalue weighted by atomic mass is 10.0. The van der Waals surface area contributed by atoms with Crippen molar-refractivity contribution in [2.24, 2.45) is 0 Å². The normalized spacial score (nSPS) is 20.5. The van der Waals surface area contributed by atoms with Crippen molar-refractivity contribution in [2.45, 2.75) is 32.2 Å². The van der Waals surface area contributed by atoms with Crippen LogP contribution in [0.1, 0.15) is 24.0 Å². The summed E-state index contributed by atoms with van der Waals surface area (Å²) in [6.07, 6.45) is 3.68. The molecule has 0 unspecified atom stereocenters. The van der Waals surface area contributed by atoms with Gasteiger partial charge in [0.2, 0.25) is 0 Å². The van der Waals surface area contributed by atoms with E-state index >= 15 is 0 Å². The van der Waals surface area contributed by atoms with Crippen LogP contribution < -0.4 is 10.1 Å². The van der Waals surface area contributed by atoms with E-state index in [1.165, 1.54) is 30.5 Å². The number of hydrogen-bond donors (Lipinski definition) is 1. The Labute approximate surface area is 91.6 Å². The van der Waals surface area contributed by atoms with E-state index in [1.807, 2.05) is 0 Å². The van der Waals surface area contributed by atoms with Crippen LogP contribution in [-0.4, -0.2) is 19.7 Å². The van der Waals surface area contributed by atoms with Crippen LogP contribution in [0.15, 0.2) is 18.2 Å². The van der Waals surface area contributed by atoms with Gasteiger partial charge < -0.3 is 10.1 Å². The molecule has 1 aromatic rings. The molecule has 82 valence electrons. The number of nitrogens with one attached hydrogen (secondary N) is 1. The molecule has 2 nitrogen and oxygen atoms in total. The maximum absolute atomic E-state index is 5.38. The van der Waals surface area contributed by atoms with E-state index in [1.54, 1.807) is 7.11 Å². The average Bonchev–Trinajstić information content (AvgIpc) is 2.71. The molecule has 1 heterocycles. The van der Waals surface area contributed by atoms with Crippen molar-refractivity contribution in [3.63, 3.8) is 0 Å².